The van der Waals surface area contributed by atoms with Crippen molar-refractivity contribution in [3.8, 4) is 0 Å². The van der Waals surface area contributed by atoms with Gasteiger partial charge in [0.25, 0.3) is 0 Å². The molecule has 38 heavy (non-hydrogen) atoms. The molecule has 0 aromatic carbocycles. The fraction of sp³-hybridized carbons (Fsp3) is 0.865. The maximum atomic E-state index is 4.97. The highest BCUT2D eigenvalue weighted by molar-refractivity contribution is 5.11. The van der Waals surface area contributed by atoms with Gasteiger partial charge in [0.1, 0.15) is 0 Å². The number of hydrogen-bond acceptors (Lipinski definition) is 1. The molecule has 0 N–H and O–H groups in total. The number of unbranched alkanes of at least 4 members (excludes halogenated alkanes) is 26. The summed E-state index contributed by atoms with van der Waals surface area (Å²) >= 11 is 0. The zero-order valence-corrected chi connectivity index (χ0v) is 26.4. The Hall–Kier alpha value is -0.850. The summed E-state index contributed by atoms with van der Waals surface area (Å²) < 4.78 is 0. The van der Waals surface area contributed by atoms with E-state index in [-0.39, 0.29) is 0 Å². The summed E-state index contributed by atoms with van der Waals surface area (Å²) in [4.78, 5) is 4.97. The number of hydrogen-bond donors (Lipinski definition) is 0. The molecular weight excluding hydrogens is 458 g/mol. The number of nitrogens with zero attached hydrogens (tertiary/aromatic N) is 1. The molecule has 0 saturated heterocycles. The quantitative estimate of drug-likeness (QED) is 0.0906. The zero-order valence-electron chi connectivity index (χ0n) is 26.4. The lowest BCUT2D eigenvalue weighted by molar-refractivity contribution is 0.534. The SMILES string of the molecule is CCCCCCCCCCCCCCCCc1cccc(CCCCCCCCCCCCCCCC)n1. The van der Waals surface area contributed by atoms with Gasteiger partial charge < -0.3 is 0 Å². The van der Waals surface area contributed by atoms with Crippen molar-refractivity contribution in [3.05, 3.63) is 29.6 Å². The maximum absolute atomic E-state index is 4.97. The zero-order chi connectivity index (χ0) is 27.2. The lowest BCUT2D eigenvalue weighted by atomic mass is 10.0. The monoisotopic (exact) mass is 528 g/mol. The number of aryl methyl sites for hydroxylation is 2. The molecular formula is C37H69N. The molecule has 0 bridgehead atoms. The molecule has 0 aliphatic carbocycles. The third-order valence-electron chi connectivity index (χ3n) is 8.44. The lowest BCUT2D eigenvalue weighted by Crippen LogP contribution is -1.96. The van der Waals surface area contributed by atoms with E-state index in [4.69, 9.17) is 4.98 Å². The summed E-state index contributed by atoms with van der Waals surface area (Å²) in [5, 5.41) is 0. The van der Waals surface area contributed by atoms with Crippen molar-refractivity contribution >= 4 is 0 Å². The van der Waals surface area contributed by atoms with E-state index in [1.165, 1.54) is 204 Å². The largest absolute Gasteiger partial charge is 0.258 e. The minimum absolute atomic E-state index is 1.17. The van der Waals surface area contributed by atoms with Crippen LogP contribution < -0.4 is 0 Å². The van der Waals surface area contributed by atoms with Crippen LogP contribution in [0.25, 0.3) is 0 Å². The van der Waals surface area contributed by atoms with Crippen molar-refractivity contribution < 1.29 is 0 Å². The van der Waals surface area contributed by atoms with Crippen molar-refractivity contribution in [2.75, 3.05) is 0 Å². The Morgan fingerprint density at radius 2 is 0.579 bits per heavy atom. The van der Waals surface area contributed by atoms with Crippen LogP contribution in [-0.4, -0.2) is 4.98 Å². The molecule has 1 aromatic rings. The molecule has 0 atom stereocenters. The third-order valence-corrected chi connectivity index (χ3v) is 8.44. The molecule has 1 aromatic heterocycles. The van der Waals surface area contributed by atoms with Crippen molar-refractivity contribution in [1.29, 1.82) is 0 Å². The van der Waals surface area contributed by atoms with E-state index in [0.717, 1.165) is 0 Å². The maximum Gasteiger partial charge on any atom is 0.0406 e. The summed E-state index contributed by atoms with van der Waals surface area (Å²) in [5.41, 5.74) is 2.65. The van der Waals surface area contributed by atoms with Gasteiger partial charge in [-0.3, -0.25) is 4.98 Å². The van der Waals surface area contributed by atoms with E-state index < -0.39 is 0 Å². The van der Waals surface area contributed by atoms with E-state index in [1.807, 2.05) is 0 Å². The molecule has 0 aliphatic rings. The van der Waals surface area contributed by atoms with Gasteiger partial charge in [-0.05, 0) is 37.8 Å². The minimum atomic E-state index is 1.17. The molecule has 1 heteroatoms. The molecule has 1 rings (SSSR count). The molecule has 1 nitrogen and oxygen atoms in total. The van der Waals surface area contributed by atoms with Crippen LogP contribution in [0.2, 0.25) is 0 Å². The smallest absolute Gasteiger partial charge is 0.0406 e. The molecule has 222 valence electrons. The van der Waals surface area contributed by atoms with E-state index in [2.05, 4.69) is 32.0 Å². The summed E-state index contributed by atoms with van der Waals surface area (Å²) in [5.74, 6) is 0. The first-order valence-electron chi connectivity index (χ1n) is 17.8. The second kappa shape index (κ2) is 29.1. The summed E-state index contributed by atoms with van der Waals surface area (Å²) in [6, 6.07) is 6.74. The van der Waals surface area contributed by atoms with Crippen molar-refractivity contribution in [2.45, 2.75) is 206 Å². The topological polar surface area (TPSA) is 12.9 Å². The van der Waals surface area contributed by atoms with Crippen LogP contribution in [0.5, 0.6) is 0 Å². The molecule has 0 saturated carbocycles. The second-order valence-electron chi connectivity index (χ2n) is 12.3. The third kappa shape index (κ3) is 24.2. The highest BCUT2D eigenvalue weighted by Crippen LogP contribution is 2.16. The van der Waals surface area contributed by atoms with Gasteiger partial charge in [-0.1, -0.05) is 187 Å². The van der Waals surface area contributed by atoms with Gasteiger partial charge in [0, 0.05) is 11.4 Å². The Morgan fingerprint density at radius 3 is 0.842 bits per heavy atom. The number of pyridine rings is 1. The van der Waals surface area contributed by atoms with E-state index in [9.17, 15) is 0 Å². The lowest BCUT2D eigenvalue weighted by Gasteiger charge is -2.06. The molecule has 1 heterocycles. The van der Waals surface area contributed by atoms with Crippen LogP contribution in [0.1, 0.15) is 205 Å². The van der Waals surface area contributed by atoms with Crippen molar-refractivity contribution in [3.63, 3.8) is 0 Å². The van der Waals surface area contributed by atoms with E-state index >= 15 is 0 Å². The molecule has 0 amide bonds. The van der Waals surface area contributed by atoms with E-state index in [1.54, 1.807) is 0 Å². The highest BCUT2D eigenvalue weighted by atomic mass is 14.7. The predicted octanol–water partition coefficient (Wildman–Crippen LogP) is 13.1. The Balaban J connectivity index is 1.88. The first-order valence-corrected chi connectivity index (χ1v) is 17.8. The predicted molar refractivity (Wildman–Crippen MR) is 172 cm³/mol. The molecule has 0 spiro atoms. The molecule has 0 aliphatic heterocycles. The Kier molecular flexibility index (Phi) is 27.0. The normalized spacial score (nSPS) is 11.4. The average Bonchev–Trinajstić information content (AvgIpc) is 2.93. The standard InChI is InChI=1S/C37H69N/c1-3-5-7-9-11-13-15-17-19-21-23-25-27-29-32-36-34-31-35-37(38-36)33-30-28-26-24-22-20-18-16-14-12-10-8-6-4-2/h31,34-35H,3-30,32-33H2,1-2H3. The highest BCUT2D eigenvalue weighted by Gasteiger charge is 2.01. The van der Waals surface area contributed by atoms with Crippen LogP contribution in [0.15, 0.2) is 18.2 Å². The fourth-order valence-corrected chi connectivity index (χ4v) is 5.81. The van der Waals surface area contributed by atoms with Crippen LogP contribution in [0.3, 0.4) is 0 Å². The van der Waals surface area contributed by atoms with Gasteiger partial charge in [-0.15, -0.1) is 0 Å². The van der Waals surface area contributed by atoms with Gasteiger partial charge in [0.2, 0.25) is 0 Å². The summed E-state index contributed by atoms with van der Waals surface area (Å²) in [6.07, 6.45) is 42.4. The van der Waals surface area contributed by atoms with Gasteiger partial charge in [-0.2, -0.15) is 0 Å². The number of aromatic nitrogens is 1. The van der Waals surface area contributed by atoms with Crippen molar-refractivity contribution in [2.24, 2.45) is 0 Å². The molecule has 0 fully saturated rings. The van der Waals surface area contributed by atoms with E-state index in [0.29, 0.717) is 0 Å². The Bertz CT molecular complexity index is 533. The van der Waals surface area contributed by atoms with Crippen LogP contribution in [-0.2, 0) is 12.8 Å². The fourth-order valence-electron chi connectivity index (χ4n) is 5.81. The second-order valence-corrected chi connectivity index (χ2v) is 12.3. The summed E-state index contributed by atoms with van der Waals surface area (Å²) in [6.45, 7) is 4.60. The molecule has 0 unspecified atom stereocenters. The Labute approximate surface area is 240 Å². The van der Waals surface area contributed by atoms with Crippen LogP contribution >= 0.6 is 0 Å². The van der Waals surface area contributed by atoms with Crippen molar-refractivity contribution in [1.82, 2.24) is 4.98 Å². The molecule has 0 radical (unpaired) electrons. The van der Waals surface area contributed by atoms with Crippen LogP contribution in [0.4, 0.5) is 0 Å². The average molecular weight is 528 g/mol. The summed E-state index contributed by atoms with van der Waals surface area (Å²) in [7, 11) is 0. The van der Waals surface area contributed by atoms with Gasteiger partial charge >= 0.3 is 0 Å². The first kappa shape index (κ1) is 35.2. The van der Waals surface area contributed by atoms with Crippen LogP contribution in [0, 0.1) is 0 Å². The number of rotatable bonds is 30. The first-order chi connectivity index (χ1) is 18.9. The Morgan fingerprint density at radius 1 is 0.342 bits per heavy atom. The van der Waals surface area contributed by atoms with Gasteiger partial charge in [0.05, 0.1) is 0 Å². The van der Waals surface area contributed by atoms with Gasteiger partial charge in [0.15, 0.2) is 0 Å². The van der Waals surface area contributed by atoms with Gasteiger partial charge in [-0.25, -0.2) is 0 Å². The minimum Gasteiger partial charge on any atom is -0.258 e.